The number of rotatable bonds is 3. The van der Waals surface area contributed by atoms with Crippen molar-refractivity contribution in [2.75, 3.05) is 12.1 Å². The van der Waals surface area contributed by atoms with Crippen LogP contribution in [0.2, 0.25) is 5.02 Å². The Morgan fingerprint density at radius 2 is 2.04 bits per heavy atom. The van der Waals surface area contributed by atoms with Gasteiger partial charge in [-0.3, -0.25) is 9.89 Å². The highest BCUT2D eigenvalue weighted by Crippen LogP contribution is 2.34. The van der Waals surface area contributed by atoms with Crippen molar-refractivity contribution in [1.82, 2.24) is 10.2 Å². The average Bonchev–Trinajstić information content (AvgIpc) is 3.20. The molecule has 25 heavy (non-hydrogen) atoms. The lowest BCUT2D eigenvalue weighted by Gasteiger charge is -2.07. The van der Waals surface area contributed by atoms with E-state index in [-0.39, 0.29) is 12.7 Å². The molecule has 1 aliphatic heterocycles. The number of nitrogens with zero attached hydrogens (tertiary/aromatic N) is 1. The topological polar surface area (TPSA) is 76.2 Å². The third-order valence-corrected chi connectivity index (χ3v) is 4.16. The average molecular weight is 356 g/mol. The molecular formula is C18H14ClN3O3. The van der Waals surface area contributed by atoms with Crippen LogP contribution in [0.3, 0.4) is 0 Å². The molecule has 0 unspecified atom stereocenters. The Morgan fingerprint density at radius 1 is 1.20 bits per heavy atom. The number of anilines is 1. The molecule has 0 spiro atoms. The van der Waals surface area contributed by atoms with Crippen molar-refractivity contribution < 1.29 is 14.3 Å². The van der Waals surface area contributed by atoms with Crippen LogP contribution in [0.25, 0.3) is 11.1 Å². The van der Waals surface area contributed by atoms with E-state index in [1.807, 2.05) is 25.1 Å². The number of fused-ring (bicyclic) bond motifs is 1. The van der Waals surface area contributed by atoms with Gasteiger partial charge in [0.1, 0.15) is 0 Å². The maximum atomic E-state index is 12.6. The van der Waals surface area contributed by atoms with Gasteiger partial charge >= 0.3 is 0 Å². The quantitative estimate of drug-likeness (QED) is 0.744. The molecule has 2 heterocycles. The minimum Gasteiger partial charge on any atom is -0.454 e. The second-order valence-corrected chi connectivity index (χ2v) is 6.04. The lowest BCUT2D eigenvalue weighted by Crippen LogP contribution is -2.12. The molecule has 7 heteroatoms. The highest BCUT2D eigenvalue weighted by Gasteiger charge is 2.19. The molecular weight excluding hydrogens is 342 g/mol. The van der Waals surface area contributed by atoms with Crippen molar-refractivity contribution in [2.24, 2.45) is 0 Å². The molecule has 1 aliphatic rings. The van der Waals surface area contributed by atoms with Gasteiger partial charge in [0.05, 0.1) is 0 Å². The van der Waals surface area contributed by atoms with E-state index in [1.54, 1.807) is 24.3 Å². The number of H-pyrrole nitrogens is 1. The molecule has 2 N–H and O–H groups in total. The number of aryl methyl sites for hydroxylation is 1. The molecule has 0 fully saturated rings. The van der Waals surface area contributed by atoms with E-state index >= 15 is 0 Å². The molecule has 1 aromatic heterocycles. The van der Waals surface area contributed by atoms with Crippen molar-refractivity contribution in [3.05, 3.63) is 58.7 Å². The zero-order valence-corrected chi connectivity index (χ0v) is 14.1. The van der Waals surface area contributed by atoms with E-state index in [9.17, 15) is 4.79 Å². The first-order chi connectivity index (χ1) is 12.1. The Hall–Kier alpha value is -2.99. The molecule has 0 aliphatic carbocycles. The zero-order valence-electron chi connectivity index (χ0n) is 13.3. The van der Waals surface area contributed by atoms with Gasteiger partial charge in [-0.05, 0) is 42.8 Å². The number of carbonyl (C=O) groups excluding carboxylic acids is 1. The number of halogens is 1. The minimum atomic E-state index is -0.284. The first-order valence-corrected chi connectivity index (χ1v) is 8.01. The Bertz CT molecular complexity index is 968. The number of aromatic amines is 1. The van der Waals surface area contributed by atoms with Crippen LogP contribution in [-0.2, 0) is 0 Å². The van der Waals surface area contributed by atoms with Crippen LogP contribution in [-0.4, -0.2) is 22.9 Å². The number of amides is 1. The minimum absolute atomic E-state index is 0.165. The molecule has 3 aromatic rings. The fraction of sp³-hybridized carbons (Fsp3) is 0.111. The van der Waals surface area contributed by atoms with Crippen molar-refractivity contribution in [3.63, 3.8) is 0 Å². The fourth-order valence-electron chi connectivity index (χ4n) is 2.73. The number of hydrogen-bond donors (Lipinski definition) is 2. The lowest BCUT2D eigenvalue weighted by molar-refractivity contribution is 0.102. The van der Waals surface area contributed by atoms with Crippen LogP contribution in [0.1, 0.15) is 16.1 Å². The molecule has 0 atom stereocenters. The molecule has 1 amide bonds. The first kappa shape index (κ1) is 15.5. The summed E-state index contributed by atoms with van der Waals surface area (Å²) in [6.45, 7) is 2.05. The summed E-state index contributed by atoms with van der Waals surface area (Å²) < 4.78 is 10.6. The van der Waals surface area contributed by atoms with Gasteiger partial charge in [0.2, 0.25) is 6.79 Å². The predicted octanol–water partition coefficient (Wildman–Crippen LogP) is 4.02. The summed E-state index contributed by atoms with van der Waals surface area (Å²) in [4.78, 5) is 12.6. The van der Waals surface area contributed by atoms with Crippen molar-refractivity contribution in [3.8, 4) is 22.6 Å². The molecule has 0 radical (unpaired) electrons. The molecule has 0 saturated carbocycles. The van der Waals surface area contributed by atoms with Gasteiger partial charge in [-0.25, -0.2) is 0 Å². The Labute approximate surface area is 148 Å². The van der Waals surface area contributed by atoms with E-state index in [2.05, 4.69) is 15.5 Å². The Balaban J connectivity index is 1.64. The highest BCUT2D eigenvalue weighted by molar-refractivity contribution is 6.30. The summed E-state index contributed by atoms with van der Waals surface area (Å²) in [5, 5.41) is 10.6. The van der Waals surface area contributed by atoms with E-state index < -0.39 is 0 Å². The van der Waals surface area contributed by atoms with Gasteiger partial charge in [0, 0.05) is 21.8 Å². The fourth-order valence-corrected chi connectivity index (χ4v) is 2.92. The monoisotopic (exact) mass is 355 g/mol. The zero-order chi connectivity index (χ0) is 17.4. The van der Waals surface area contributed by atoms with E-state index in [1.165, 1.54) is 0 Å². The van der Waals surface area contributed by atoms with Crippen LogP contribution >= 0.6 is 11.6 Å². The summed E-state index contributed by atoms with van der Waals surface area (Å²) in [5.74, 6) is 1.35. The van der Waals surface area contributed by atoms with Crippen LogP contribution in [0.15, 0.2) is 42.5 Å². The Morgan fingerprint density at radius 3 is 2.88 bits per heavy atom. The summed E-state index contributed by atoms with van der Waals surface area (Å²) in [6.07, 6.45) is 0. The molecule has 4 rings (SSSR count). The lowest BCUT2D eigenvalue weighted by atomic mass is 10.1. The molecule has 2 aromatic carbocycles. The third kappa shape index (κ3) is 2.92. The third-order valence-electron chi connectivity index (χ3n) is 3.93. The van der Waals surface area contributed by atoms with Gasteiger partial charge < -0.3 is 14.8 Å². The maximum Gasteiger partial charge on any atom is 0.257 e. The molecule has 6 nitrogen and oxygen atoms in total. The number of ether oxygens (including phenoxy) is 2. The number of aromatic nitrogens is 2. The van der Waals surface area contributed by atoms with E-state index in [0.29, 0.717) is 27.9 Å². The number of nitrogens with one attached hydrogen (secondary N) is 2. The van der Waals surface area contributed by atoms with E-state index in [4.69, 9.17) is 21.1 Å². The smallest absolute Gasteiger partial charge is 0.257 e. The standard InChI is InChI=1S/C18H14ClN3O3/c1-10-16(11-3-2-4-13(19)7-11)17(22-21-10)20-18(23)12-5-6-14-15(8-12)25-9-24-14/h2-8H,9H2,1H3,(H2,20,21,22,23). The van der Waals surface area contributed by atoms with Crippen LogP contribution in [0.4, 0.5) is 5.82 Å². The number of hydrogen-bond acceptors (Lipinski definition) is 4. The van der Waals surface area contributed by atoms with Gasteiger partial charge in [-0.15, -0.1) is 0 Å². The van der Waals surface area contributed by atoms with Gasteiger partial charge in [-0.1, -0.05) is 23.7 Å². The van der Waals surface area contributed by atoms with Crippen LogP contribution in [0.5, 0.6) is 11.5 Å². The second kappa shape index (κ2) is 6.14. The summed E-state index contributed by atoms with van der Waals surface area (Å²) in [6, 6.07) is 12.4. The Kier molecular flexibility index (Phi) is 3.82. The van der Waals surface area contributed by atoms with Crippen LogP contribution < -0.4 is 14.8 Å². The SMILES string of the molecule is Cc1[nH]nc(NC(=O)c2ccc3c(c2)OCO3)c1-c1cccc(Cl)c1. The number of carbonyl (C=O) groups is 1. The first-order valence-electron chi connectivity index (χ1n) is 7.64. The van der Waals surface area contributed by atoms with Gasteiger partial charge in [0.15, 0.2) is 17.3 Å². The highest BCUT2D eigenvalue weighted by atomic mass is 35.5. The largest absolute Gasteiger partial charge is 0.454 e. The normalized spacial score (nSPS) is 12.2. The van der Waals surface area contributed by atoms with Crippen LogP contribution in [0, 0.1) is 6.92 Å². The van der Waals surface area contributed by atoms with Crippen molar-refractivity contribution in [1.29, 1.82) is 0 Å². The maximum absolute atomic E-state index is 12.6. The summed E-state index contributed by atoms with van der Waals surface area (Å²) in [7, 11) is 0. The van der Waals surface area contributed by atoms with Gasteiger partial charge in [0.25, 0.3) is 5.91 Å². The molecule has 126 valence electrons. The summed E-state index contributed by atoms with van der Waals surface area (Å²) >= 11 is 6.08. The second-order valence-electron chi connectivity index (χ2n) is 5.60. The number of benzene rings is 2. The van der Waals surface area contributed by atoms with Crippen molar-refractivity contribution in [2.45, 2.75) is 6.92 Å². The summed E-state index contributed by atoms with van der Waals surface area (Å²) in [5.41, 5.74) is 2.97. The molecule has 0 bridgehead atoms. The van der Waals surface area contributed by atoms with Gasteiger partial charge in [-0.2, -0.15) is 5.10 Å². The molecule has 0 saturated heterocycles. The van der Waals surface area contributed by atoms with Crippen molar-refractivity contribution >= 4 is 23.3 Å². The predicted molar refractivity (Wildman–Crippen MR) is 94.3 cm³/mol. The van der Waals surface area contributed by atoms with E-state index in [0.717, 1.165) is 16.8 Å².